The van der Waals surface area contributed by atoms with Crippen molar-refractivity contribution in [3.8, 4) is 0 Å². The summed E-state index contributed by atoms with van der Waals surface area (Å²) in [7, 11) is 0. The van der Waals surface area contributed by atoms with E-state index in [1.54, 1.807) is 25.1 Å². The van der Waals surface area contributed by atoms with Gasteiger partial charge in [-0.15, -0.1) is 0 Å². The van der Waals surface area contributed by atoms with Crippen LogP contribution < -0.4 is 10.9 Å². The molecule has 1 atom stereocenters. The molecule has 0 aliphatic rings. The molecule has 5 nitrogen and oxygen atoms in total. The molecule has 0 fully saturated rings. The highest BCUT2D eigenvalue weighted by Crippen LogP contribution is 2.25. The number of amides is 2. The van der Waals surface area contributed by atoms with Crippen LogP contribution >= 0.6 is 11.6 Å². The largest absolute Gasteiger partial charge is 0.469 e. The molecule has 122 valence electrons. The van der Waals surface area contributed by atoms with Gasteiger partial charge in [-0.05, 0) is 36.6 Å². The zero-order chi connectivity index (χ0) is 17.0. The predicted molar refractivity (Wildman–Crippen MR) is 88.1 cm³/mol. The fourth-order valence-electron chi connectivity index (χ4n) is 2.39. The lowest BCUT2D eigenvalue weighted by Crippen LogP contribution is -2.45. The van der Waals surface area contributed by atoms with Crippen molar-refractivity contribution in [2.24, 2.45) is 5.92 Å². The summed E-state index contributed by atoms with van der Waals surface area (Å²) in [6.07, 6.45) is 1.43. The van der Waals surface area contributed by atoms with Crippen LogP contribution in [0.4, 0.5) is 0 Å². The number of hydrazine groups is 1. The highest BCUT2D eigenvalue weighted by atomic mass is 35.5. The fourth-order valence-corrected chi connectivity index (χ4v) is 2.52. The van der Waals surface area contributed by atoms with Gasteiger partial charge in [-0.1, -0.05) is 37.6 Å². The molecule has 23 heavy (non-hydrogen) atoms. The summed E-state index contributed by atoms with van der Waals surface area (Å²) in [5, 5.41) is 0.611. The van der Waals surface area contributed by atoms with Gasteiger partial charge in [-0.25, -0.2) is 0 Å². The minimum absolute atomic E-state index is 0.0590. The second kappa shape index (κ2) is 7.33. The maximum absolute atomic E-state index is 12.4. The van der Waals surface area contributed by atoms with E-state index in [1.807, 2.05) is 26.0 Å². The number of halogens is 1. The molecule has 0 unspecified atom stereocenters. The van der Waals surface area contributed by atoms with Crippen molar-refractivity contribution in [3.63, 3.8) is 0 Å². The number of hydrogen-bond acceptors (Lipinski definition) is 3. The van der Waals surface area contributed by atoms with E-state index >= 15 is 0 Å². The smallest absolute Gasteiger partial charge is 0.273 e. The van der Waals surface area contributed by atoms with E-state index in [0.29, 0.717) is 16.3 Å². The summed E-state index contributed by atoms with van der Waals surface area (Å²) in [4.78, 5) is 24.4. The quantitative estimate of drug-likeness (QED) is 0.841. The van der Waals surface area contributed by atoms with Gasteiger partial charge in [0.25, 0.3) is 5.91 Å². The van der Waals surface area contributed by atoms with Crippen molar-refractivity contribution in [1.82, 2.24) is 10.9 Å². The van der Waals surface area contributed by atoms with Crippen LogP contribution in [-0.4, -0.2) is 11.8 Å². The summed E-state index contributed by atoms with van der Waals surface area (Å²) in [5.41, 5.74) is 6.13. The molecule has 1 aromatic carbocycles. The van der Waals surface area contributed by atoms with Crippen molar-refractivity contribution in [2.45, 2.75) is 26.7 Å². The Morgan fingerprint density at radius 2 is 1.74 bits per heavy atom. The Morgan fingerprint density at radius 3 is 2.26 bits per heavy atom. The van der Waals surface area contributed by atoms with E-state index in [9.17, 15) is 9.59 Å². The number of carbonyl (C=O) groups excluding carboxylic acids is 2. The number of rotatable bonds is 4. The number of aryl methyl sites for hydroxylation is 1. The highest BCUT2D eigenvalue weighted by Gasteiger charge is 2.25. The third-order valence-electron chi connectivity index (χ3n) is 3.58. The monoisotopic (exact) mass is 334 g/mol. The molecule has 2 amide bonds. The number of benzene rings is 1. The first-order valence-electron chi connectivity index (χ1n) is 7.30. The normalized spacial score (nSPS) is 12.0. The molecule has 1 heterocycles. The molecular formula is C17H19ClN2O3. The van der Waals surface area contributed by atoms with Gasteiger partial charge < -0.3 is 4.42 Å². The maximum atomic E-state index is 12.4. The fraction of sp³-hybridized carbons (Fsp3) is 0.294. The number of nitrogens with one attached hydrogen (secondary N) is 2. The molecule has 0 aliphatic carbocycles. The molecule has 2 aromatic rings. The third kappa shape index (κ3) is 4.13. The van der Waals surface area contributed by atoms with Crippen molar-refractivity contribution in [1.29, 1.82) is 0 Å². The number of hydrogen-bond donors (Lipinski definition) is 2. The Bertz CT molecular complexity index is 692. The van der Waals surface area contributed by atoms with E-state index < -0.39 is 11.8 Å². The maximum Gasteiger partial charge on any atom is 0.273 e. The van der Waals surface area contributed by atoms with Gasteiger partial charge in [0.2, 0.25) is 5.91 Å². The van der Waals surface area contributed by atoms with Gasteiger partial charge in [0.05, 0.1) is 17.7 Å². The Hall–Kier alpha value is -2.27. The van der Waals surface area contributed by atoms with Crippen LogP contribution in [0.3, 0.4) is 0 Å². The summed E-state index contributed by atoms with van der Waals surface area (Å²) < 4.78 is 5.07. The van der Waals surface area contributed by atoms with Gasteiger partial charge in [0.1, 0.15) is 5.76 Å². The van der Waals surface area contributed by atoms with Crippen LogP contribution in [0.2, 0.25) is 5.02 Å². The molecule has 0 saturated carbocycles. The van der Waals surface area contributed by atoms with Crippen LogP contribution in [0.1, 0.15) is 41.4 Å². The van der Waals surface area contributed by atoms with Crippen LogP contribution in [0.15, 0.2) is 41.0 Å². The first kappa shape index (κ1) is 17.1. The highest BCUT2D eigenvalue weighted by molar-refractivity contribution is 6.30. The molecule has 0 saturated heterocycles. The SMILES string of the molecule is Cc1occc1C(=O)NNC(=O)[C@H](c1ccc(Cl)cc1)C(C)C. The third-order valence-corrected chi connectivity index (χ3v) is 3.83. The lowest BCUT2D eigenvalue weighted by molar-refractivity contribution is -0.124. The van der Waals surface area contributed by atoms with Crippen LogP contribution in [0.5, 0.6) is 0 Å². The van der Waals surface area contributed by atoms with Gasteiger partial charge in [-0.3, -0.25) is 20.4 Å². The summed E-state index contributed by atoms with van der Waals surface area (Å²) >= 11 is 5.88. The summed E-state index contributed by atoms with van der Waals surface area (Å²) in [6, 6.07) is 8.67. The van der Waals surface area contributed by atoms with Gasteiger partial charge >= 0.3 is 0 Å². The standard InChI is InChI=1S/C17H19ClN2O3/c1-10(2)15(12-4-6-13(18)7-5-12)17(22)20-19-16(21)14-8-9-23-11(14)3/h4-10,15H,1-3H3,(H,19,21)(H,20,22)/t15-/m0/s1. The van der Waals surface area contributed by atoms with Gasteiger partial charge in [-0.2, -0.15) is 0 Å². The number of furan rings is 1. The van der Waals surface area contributed by atoms with Gasteiger partial charge in [0.15, 0.2) is 0 Å². The van der Waals surface area contributed by atoms with Gasteiger partial charge in [0, 0.05) is 5.02 Å². The molecule has 0 radical (unpaired) electrons. The topological polar surface area (TPSA) is 71.3 Å². The lowest BCUT2D eigenvalue weighted by Gasteiger charge is -2.21. The molecule has 2 rings (SSSR count). The second-order valence-electron chi connectivity index (χ2n) is 5.61. The second-order valence-corrected chi connectivity index (χ2v) is 6.04. The minimum atomic E-state index is -0.414. The number of carbonyl (C=O) groups is 2. The molecule has 0 spiro atoms. The van der Waals surface area contributed by atoms with E-state index in [0.717, 1.165) is 5.56 Å². The van der Waals surface area contributed by atoms with E-state index in [2.05, 4.69) is 10.9 Å². The first-order chi connectivity index (χ1) is 10.9. The Kier molecular flexibility index (Phi) is 5.45. The Balaban J connectivity index is 2.06. The average Bonchev–Trinajstić information content (AvgIpc) is 2.93. The molecular weight excluding hydrogens is 316 g/mol. The lowest BCUT2D eigenvalue weighted by atomic mass is 9.88. The molecule has 0 bridgehead atoms. The first-order valence-corrected chi connectivity index (χ1v) is 7.67. The van der Waals surface area contributed by atoms with Crippen LogP contribution in [0.25, 0.3) is 0 Å². The molecule has 1 aromatic heterocycles. The summed E-state index contributed by atoms with van der Waals surface area (Å²) in [6.45, 7) is 5.57. The van der Waals surface area contributed by atoms with E-state index in [1.165, 1.54) is 6.26 Å². The Labute approximate surface area is 140 Å². The van der Waals surface area contributed by atoms with Crippen molar-refractivity contribution in [3.05, 3.63) is 58.5 Å². The van der Waals surface area contributed by atoms with Crippen molar-refractivity contribution in [2.75, 3.05) is 0 Å². The molecule has 0 aliphatic heterocycles. The van der Waals surface area contributed by atoms with Crippen molar-refractivity contribution < 1.29 is 14.0 Å². The van der Waals surface area contributed by atoms with Crippen LogP contribution in [0, 0.1) is 12.8 Å². The summed E-state index contributed by atoms with van der Waals surface area (Å²) in [5.74, 6) is -0.531. The zero-order valence-corrected chi connectivity index (χ0v) is 14.0. The van der Waals surface area contributed by atoms with Crippen LogP contribution in [-0.2, 0) is 4.79 Å². The van der Waals surface area contributed by atoms with Crippen molar-refractivity contribution >= 4 is 23.4 Å². The zero-order valence-electron chi connectivity index (χ0n) is 13.2. The molecule has 2 N–H and O–H groups in total. The predicted octanol–water partition coefficient (Wildman–Crippen LogP) is 3.44. The minimum Gasteiger partial charge on any atom is -0.469 e. The average molecular weight is 335 g/mol. The van der Waals surface area contributed by atoms with E-state index in [-0.39, 0.29) is 11.8 Å². The Morgan fingerprint density at radius 1 is 1.09 bits per heavy atom. The molecule has 6 heteroatoms. The van der Waals surface area contributed by atoms with E-state index in [4.69, 9.17) is 16.0 Å².